The molecule has 2 N–H and O–H groups in total. The number of likely N-dealkylation sites (tertiary alicyclic amines) is 1. The third-order valence-corrected chi connectivity index (χ3v) is 7.10. The number of piperidine rings is 1. The number of hydrogen-bond acceptors (Lipinski definition) is 7. The van der Waals surface area contributed by atoms with Gasteiger partial charge in [-0.15, -0.1) is 0 Å². The van der Waals surface area contributed by atoms with Gasteiger partial charge < -0.3 is 24.4 Å². The van der Waals surface area contributed by atoms with Gasteiger partial charge in [-0.2, -0.15) is 5.10 Å². The fourth-order valence-corrected chi connectivity index (χ4v) is 4.60. The number of benzene rings is 2. The summed E-state index contributed by atoms with van der Waals surface area (Å²) < 4.78 is 19.2. The summed E-state index contributed by atoms with van der Waals surface area (Å²) in [5.74, 6) is 1.94. The Labute approximate surface area is 217 Å². The number of hydrogen-bond donors (Lipinski definition) is 2. The number of aryl methyl sites for hydroxylation is 2. The molecule has 4 rings (SSSR count). The zero-order valence-electron chi connectivity index (χ0n) is 21.0. The molecule has 1 aliphatic rings. The van der Waals surface area contributed by atoms with Crippen molar-refractivity contribution in [2.45, 2.75) is 45.1 Å². The second kappa shape index (κ2) is 11.5. The monoisotopic (exact) mass is 515 g/mol. The molecular formula is C27H34ClN3O5. The van der Waals surface area contributed by atoms with Crippen LogP contribution in [0, 0.1) is 13.8 Å². The highest BCUT2D eigenvalue weighted by Crippen LogP contribution is 2.31. The quantitative estimate of drug-likeness (QED) is 0.426. The van der Waals surface area contributed by atoms with Gasteiger partial charge in [-0.1, -0.05) is 17.7 Å². The molecule has 2 atom stereocenters. The maximum absolute atomic E-state index is 11.3. The minimum absolute atomic E-state index is 0.0163. The van der Waals surface area contributed by atoms with Crippen molar-refractivity contribution < 1.29 is 24.4 Å². The number of nitrogens with zero attached hydrogens (tertiary/aromatic N) is 3. The zero-order chi connectivity index (χ0) is 25.7. The fourth-order valence-electron chi connectivity index (χ4n) is 4.49. The molecule has 0 radical (unpaired) electrons. The molecule has 36 heavy (non-hydrogen) atoms. The summed E-state index contributed by atoms with van der Waals surface area (Å²) >= 11 is 6.25. The zero-order valence-corrected chi connectivity index (χ0v) is 21.7. The van der Waals surface area contributed by atoms with Crippen LogP contribution in [0.5, 0.6) is 17.2 Å². The second-order valence-corrected chi connectivity index (χ2v) is 9.76. The summed E-state index contributed by atoms with van der Waals surface area (Å²) in [6, 6.07) is 11.4. The molecular weight excluding hydrogens is 482 g/mol. The van der Waals surface area contributed by atoms with Gasteiger partial charge in [-0.05, 0) is 67.3 Å². The summed E-state index contributed by atoms with van der Waals surface area (Å²) in [5.41, 5.74) is 1.45. The number of methoxy groups -OCH3 is 1. The first-order valence-corrected chi connectivity index (χ1v) is 12.4. The highest BCUT2D eigenvalue weighted by atomic mass is 35.5. The Morgan fingerprint density at radius 2 is 1.92 bits per heavy atom. The van der Waals surface area contributed by atoms with E-state index in [4.69, 9.17) is 25.8 Å². The van der Waals surface area contributed by atoms with E-state index in [-0.39, 0.29) is 13.2 Å². The molecule has 8 nitrogen and oxygen atoms in total. The van der Waals surface area contributed by atoms with E-state index in [0.717, 1.165) is 16.7 Å². The predicted molar refractivity (Wildman–Crippen MR) is 138 cm³/mol. The summed E-state index contributed by atoms with van der Waals surface area (Å²) in [4.78, 5) is 2.11. The van der Waals surface area contributed by atoms with Gasteiger partial charge in [0.05, 0.1) is 19.8 Å². The van der Waals surface area contributed by atoms with Gasteiger partial charge in [0.2, 0.25) is 0 Å². The van der Waals surface area contributed by atoms with E-state index in [9.17, 15) is 10.2 Å². The number of ether oxygens (including phenoxy) is 3. The van der Waals surface area contributed by atoms with Crippen molar-refractivity contribution in [3.63, 3.8) is 0 Å². The molecule has 1 aromatic heterocycles. The van der Waals surface area contributed by atoms with Crippen molar-refractivity contribution in [3.05, 3.63) is 70.5 Å². The molecule has 1 fully saturated rings. The molecule has 9 heteroatoms. The van der Waals surface area contributed by atoms with Crippen molar-refractivity contribution >= 4 is 11.6 Å². The lowest BCUT2D eigenvalue weighted by atomic mass is 9.90. The Balaban J connectivity index is 1.36. The fraction of sp³-hybridized carbons (Fsp3) is 0.444. The Hall–Kier alpha value is -2.78. The van der Waals surface area contributed by atoms with Crippen molar-refractivity contribution in [3.8, 4) is 17.2 Å². The van der Waals surface area contributed by atoms with E-state index in [1.165, 1.54) is 0 Å². The van der Waals surface area contributed by atoms with Crippen molar-refractivity contribution in [1.29, 1.82) is 0 Å². The van der Waals surface area contributed by atoms with Gasteiger partial charge in [0.15, 0.2) is 11.5 Å². The molecule has 0 amide bonds. The van der Waals surface area contributed by atoms with E-state index in [1.54, 1.807) is 13.3 Å². The Morgan fingerprint density at radius 3 is 2.61 bits per heavy atom. The molecule has 0 spiro atoms. The van der Waals surface area contributed by atoms with Gasteiger partial charge in [-0.3, -0.25) is 9.58 Å². The first-order valence-electron chi connectivity index (χ1n) is 12.1. The van der Waals surface area contributed by atoms with Crippen LogP contribution >= 0.6 is 11.6 Å². The van der Waals surface area contributed by atoms with Crippen LogP contribution in [0.3, 0.4) is 0 Å². The maximum Gasteiger partial charge on any atom is 0.161 e. The molecule has 3 aromatic rings. The summed E-state index contributed by atoms with van der Waals surface area (Å²) in [6.45, 7) is 6.47. The maximum atomic E-state index is 11.3. The largest absolute Gasteiger partial charge is 0.493 e. The lowest BCUT2D eigenvalue weighted by Gasteiger charge is -2.42. The lowest BCUT2D eigenvalue weighted by Crippen LogP contribution is -2.59. The Kier molecular flexibility index (Phi) is 8.41. The van der Waals surface area contributed by atoms with E-state index in [0.29, 0.717) is 54.9 Å². The highest BCUT2D eigenvalue weighted by molar-refractivity contribution is 6.32. The third-order valence-electron chi connectivity index (χ3n) is 6.51. The first-order chi connectivity index (χ1) is 17.3. The average Bonchev–Trinajstić information content (AvgIpc) is 3.38. The molecule has 0 saturated carbocycles. The van der Waals surface area contributed by atoms with E-state index in [1.807, 2.05) is 61.1 Å². The highest BCUT2D eigenvalue weighted by Gasteiger charge is 2.42. The van der Waals surface area contributed by atoms with E-state index >= 15 is 0 Å². The normalized spacial score (nSPS) is 20.3. The van der Waals surface area contributed by atoms with Crippen LogP contribution in [0.1, 0.15) is 23.1 Å². The van der Waals surface area contributed by atoms with Gasteiger partial charge >= 0.3 is 0 Å². The van der Waals surface area contributed by atoms with E-state index < -0.39 is 11.7 Å². The molecule has 2 heterocycles. The van der Waals surface area contributed by atoms with Crippen LogP contribution in [0.2, 0.25) is 5.02 Å². The SMILES string of the molecule is COc1cc(CN2CC[C@H](O)[C@@](O)(COc3cc(C)c(Cl)c(C)c3)C2)ccc1OCCn1cccn1. The minimum atomic E-state index is -1.39. The summed E-state index contributed by atoms with van der Waals surface area (Å²) in [5, 5.41) is 26.7. The van der Waals surface area contributed by atoms with Crippen LogP contribution in [-0.2, 0) is 13.1 Å². The van der Waals surface area contributed by atoms with E-state index in [2.05, 4.69) is 10.00 Å². The lowest BCUT2D eigenvalue weighted by molar-refractivity contribution is -0.140. The smallest absolute Gasteiger partial charge is 0.161 e. The topological polar surface area (TPSA) is 89.2 Å². The molecule has 2 aromatic carbocycles. The van der Waals surface area contributed by atoms with Crippen molar-refractivity contribution in [1.82, 2.24) is 14.7 Å². The van der Waals surface area contributed by atoms with Crippen molar-refractivity contribution in [2.24, 2.45) is 0 Å². The second-order valence-electron chi connectivity index (χ2n) is 9.38. The first kappa shape index (κ1) is 26.3. The Bertz CT molecular complexity index is 1130. The van der Waals surface area contributed by atoms with Crippen LogP contribution in [-0.4, -0.2) is 70.0 Å². The van der Waals surface area contributed by atoms with Crippen LogP contribution < -0.4 is 14.2 Å². The summed E-state index contributed by atoms with van der Waals surface area (Å²) in [6.07, 6.45) is 3.21. The van der Waals surface area contributed by atoms with Gasteiger partial charge in [0, 0.05) is 37.1 Å². The number of halogens is 1. The number of aliphatic hydroxyl groups excluding tert-OH is 1. The molecule has 1 saturated heterocycles. The standard InChI is InChI=1S/C27H34ClN3O5/c1-19-13-22(14-20(2)26(19)28)36-18-27(33)17-30(10-7-25(27)32)16-21-5-6-23(24(15-21)34-3)35-12-11-31-9-4-8-29-31/h4-6,8-9,13-15,25,32-33H,7,10-12,16-18H2,1-3H3/t25-,27-/m0/s1. The van der Waals surface area contributed by atoms with Crippen LogP contribution in [0.15, 0.2) is 48.8 Å². The molecule has 0 unspecified atom stereocenters. The molecule has 194 valence electrons. The van der Waals surface area contributed by atoms with Crippen LogP contribution in [0.4, 0.5) is 0 Å². The summed E-state index contributed by atoms with van der Waals surface area (Å²) in [7, 11) is 1.62. The Morgan fingerprint density at radius 1 is 1.14 bits per heavy atom. The van der Waals surface area contributed by atoms with Crippen molar-refractivity contribution in [2.75, 3.05) is 33.4 Å². The minimum Gasteiger partial charge on any atom is -0.493 e. The number of β-amino-alcohol motifs (C(OH)–C–C–N with tert-alkyl or cyclic N) is 1. The molecule has 0 aliphatic carbocycles. The number of rotatable bonds is 10. The average molecular weight is 516 g/mol. The third kappa shape index (κ3) is 6.31. The number of aliphatic hydroxyl groups is 2. The molecule has 1 aliphatic heterocycles. The van der Waals surface area contributed by atoms with Gasteiger partial charge in [0.1, 0.15) is 24.6 Å². The number of aromatic nitrogens is 2. The van der Waals surface area contributed by atoms with Gasteiger partial charge in [-0.25, -0.2) is 0 Å². The predicted octanol–water partition coefficient (Wildman–Crippen LogP) is 3.62. The van der Waals surface area contributed by atoms with Gasteiger partial charge in [0.25, 0.3) is 0 Å². The molecule has 0 bridgehead atoms. The van der Waals surface area contributed by atoms with Crippen LogP contribution in [0.25, 0.3) is 0 Å².